The Morgan fingerprint density at radius 3 is 2.57 bits per heavy atom. The van der Waals surface area contributed by atoms with Gasteiger partial charge >= 0.3 is 6.03 Å². The summed E-state index contributed by atoms with van der Waals surface area (Å²) in [7, 11) is 0. The lowest BCUT2D eigenvalue weighted by Gasteiger charge is -2.35. The molecule has 2 aromatic heterocycles. The minimum absolute atomic E-state index is 0.0622. The number of fused-ring (bicyclic) bond motifs is 1. The SMILES string of the molecule is O=C(Nc1ccc(-n2ccccc2=O)cc1F)C1Cc2cccnc2CN1C(=O)Nc1ccc(Cl)cc1. The fraction of sp³-hybridized carbons (Fsp3) is 0.111. The molecular formula is C27H21ClFN5O3. The third kappa shape index (κ3) is 5.22. The van der Waals surface area contributed by atoms with E-state index in [9.17, 15) is 18.8 Å². The van der Waals surface area contributed by atoms with Gasteiger partial charge in [-0.2, -0.15) is 0 Å². The topological polar surface area (TPSA) is 96.3 Å². The Hall–Kier alpha value is -4.50. The van der Waals surface area contributed by atoms with Crippen LogP contribution in [0.25, 0.3) is 5.69 Å². The quantitative estimate of drug-likeness (QED) is 0.413. The van der Waals surface area contributed by atoms with Crippen molar-refractivity contribution in [2.75, 3.05) is 10.6 Å². The average Bonchev–Trinajstić information content (AvgIpc) is 2.90. The second-order valence-electron chi connectivity index (χ2n) is 8.46. The van der Waals surface area contributed by atoms with Gasteiger partial charge in [-0.05, 0) is 54.1 Å². The highest BCUT2D eigenvalue weighted by Crippen LogP contribution is 2.25. The molecule has 0 saturated heterocycles. The molecule has 0 fully saturated rings. The Morgan fingerprint density at radius 2 is 1.81 bits per heavy atom. The molecule has 0 spiro atoms. The lowest BCUT2D eigenvalue weighted by atomic mass is 9.97. The van der Waals surface area contributed by atoms with Crippen molar-refractivity contribution in [3.8, 4) is 5.69 Å². The molecular weight excluding hydrogens is 497 g/mol. The molecule has 2 aromatic carbocycles. The van der Waals surface area contributed by atoms with E-state index in [1.54, 1.807) is 48.7 Å². The molecule has 0 aliphatic carbocycles. The van der Waals surface area contributed by atoms with E-state index in [0.717, 1.165) is 5.56 Å². The number of carbonyl (C=O) groups is 2. The van der Waals surface area contributed by atoms with Gasteiger partial charge in [0.05, 0.1) is 23.6 Å². The number of nitrogens with zero attached hydrogens (tertiary/aromatic N) is 3. The van der Waals surface area contributed by atoms with Crippen molar-refractivity contribution in [2.45, 2.75) is 19.0 Å². The number of hydrogen-bond donors (Lipinski definition) is 2. The number of halogens is 2. The number of rotatable bonds is 4. The van der Waals surface area contributed by atoms with E-state index in [0.29, 0.717) is 22.1 Å². The van der Waals surface area contributed by atoms with Gasteiger partial charge in [-0.1, -0.05) is 23.7 Å². The second-order valence-corrected chi connectivity index (χ2v) is 8.89. The molecule has 8 nitrogen and oxygen atoms in total. The second kappa shape index (κ2) is 10.2. The first-order valence-corrected chi connectivity index (χ1v) is 11.8. The zero-order chi connectivity index (χ0) is 25.9. The molecule has 0 bridgehead atoms. The molecule has 2 N–H and O–H groups in total. The van der Waals surface area contributed by atoms with E-state index >= 15 is 0 Å². The largest absolute Gasteiger partial charge is 0.322 e. The van der Waals surface area contributed by atoms with Crippen molar-refractivity contribution in [3.05, 3.63) is 118 Å². The van der Waals surface area contributed by atoms with Crippen LogP contribution in [-0.2, 0) is 17.8 Å². The van der Waals surface area contributed by atoms with Gasteiger partial charge in [0.15, 0.2) is 0 Å². The van der Waals surface area contributed by atoms with Gasteiger partial charge in [0.1, 0.15) is 11.9 Å². The van der Waals surface area contributed by atoms with Crippen LogP contribution in [0.3, 0.4) is 0 Å². The van der Waals surface area contributed by atoms with Gasteiger partial charge < -0.3 is 15.5 Å². The number of carbonyl (C=O) groups excluding carboxylic acids is 2. The molecule has 186 valence electrons. The maximum absolute atomic E-state index is 15.0. The van der Waals surface area contributed by atoms with Gasteiger partial charge in [-0.15, -0.1) is 0 Å². The summed E-state index contributed by atoms with van der Waals surface area (Å²) in [6.45, 7) is 0.103. The number of anilines is 2. The number of urea groups is 1. The summed E-state index contributed by atoms with van der Waals surface area (Å²) in [6.07, 6.45) is 3.37. The monoisotopic (exact) mass is 517 g/mol. The van der Waals surface area contributed by atoms with Crippen molar-refractivity contribution in [1.82, 2.24) is 14.5 Å². The molecule has 37 heavy (non-hydrogen) atoms. The Bertz CT molecular complexity index is 1540. The molecule has 1 aliphatic heterocycles. The van der Waals surface area contributed by atoms with Crippen LogP contribution in [0, 0.1) is 5.82 Å². The summed E-state index contributed by atoms with van der Waals surface area (Å²) < 4.78 is 16.3. The van der Waals surface area contributed by atoms with Crippen molar-refractivity contribution in [2.24, 2.45) is 0 Å². The minimum Gasteiger partial charge on any atom is -0.322 e. The average molecular weight is 518 g/mol. The third-order valence-corrected chi connectivity index (χ3v) is 6.32. The minimum atomic E-state index is -0.917. The van der Waals surface area contributed by atoms with E-state index in [1.165, 1.54) is 39.9 Å². The van der Waals surface area contributed by atoms with E-state index in [-0.39, 0.29) is 24.2 Å². The van der Waals surface area contributed by atoms with Gasteiger partial charge in [-0.3, -0.25) is 19.1 Å². The highest BCUT2D eigenvalue weighted by molar-refractivity contribution is 6.30. The van der Waals surface area contributed by atoms with Crippen LogP contribution in [0.4, 0.5) is 20.6 Å². The first-order valence-electron chi connectivity index (χ1n) is 11.4. The lowest BCUT2D eigenvalue weighted by Crippen LogP contribution is -2.52. The maximum atomic E-state index is 15.0. The molecule has 1 atom stereocenters. The number of pyridine rings is 2. The zero-order valence-electron chi connectivity index (χ0n) is 19.4. The third-order valence-electron chi connectivity index (χ3n) is 6.06. The number of benzene rings is 2. The Kier molecular flexibility index (Phi) is 6.70. The van der Waals surface area contributed by atoms with Crippen molar-refractivity contribution < 1.29 is 14.0 Å². The van der Waals surface area contributed by atoms with Crippen molar-refractivity contribution in [3.63, 3.8) is 0 Å². The van der Waals surface area contributed by atoms with Crippen molar-refractivity contribution >= 4 is 34.9 Å². The smallest absolute Gasteiger partial charge is 0.322 e. The molecule has 3 amide bonds. The number of aromatic nitrogens is 2. The van der Waals surface area contributed by atoms with Crippen LogP contribution in [0.5, 0.6) is 0 Å². The summed E-state index contributed by atoms with van der Waals surface area (Å²) >= 11 is 5.93. The summed E-state index contributed by atoms with van der Waals surface area (Å²) in [6, 6.07) is 17.5. The molecule has 0 saturated carbocycles. The van der Waals surface area contributed by atoms with Crippen LogP contribution >= 0.6 is 11.6 Å². The number of hydrogen-bond acceptors (Lipinski definition) is 4. The van der Waals surface area contributed by atoms with Crippen molar-refractivity contribution in [1.29, 1.82) is 0 Å². The van der Waals surface area contributed by atoms with E-state index in [1.807, 2.05) is 6.07 Å². The van der Waals surface area contributed by atoms with Crippen LogP contribution in [0.2, 0.25) is 5.02 Å². The van der Waals surface area contributed by atoms with Crippen LogP contribution < -0.4 is 16.2 Å². The summed E-state index contributed by atoms with van der Waals surface area (Å²) in [5.41, 5.74) is 1.98. The molecule has 10 heteroatoms. The van der Waals surface area contributed by atoms with Crippen LogP contribution in [-0.4, -0.2) is 32.4 Å². The molecule has 3 heterocycles. The summed E-state index contributed by atoms with van der Waals surface area (Å²) in [4.78, 5) is 44.3. The summed E-state index contributed by atoms with van der Waals surface area (Å²) in [5, 5.41) is 5.90. The fourth-order valence-electron chi connectivity index (χ4n) is 4.18. The standard InChI is InChI=1S/C27H21ClFN5O3/c28-18-6-8-19(9-7-18)31-27(37)34-16-23-17(4-3-12-30-23)14-24(34)26(36)32-22-11-10-20(15-21(22)29)33-13-2-1-5-25(33)35/h1-13,15,24H,14,16H2,(H,31,37)(H,32,36). The maximum Gasteiger partial charge on any atom is 0.322 e. The van der Waals surface area contributed by atoms with Gasteiger partial charge in [-0.25, -0.2) is 9.18 Å². The zero-order valence-corrected chi connectivity index (χ0v) is 20.2. The predicted molar refractivity (Wildman–Crippen MR) is 138 cm³/mol. The van der Waals surface area contributed by atoms with Gasteiger partial charge in [0.2, 0.25) is 5.91 Å². The Morgan fingerprint density at radius 1 is 1.00 bits per heavy atom. The van der Waals surface area contributed by atoms with Gasteiger partial charge in [0.25, 0.3) is 5.56 Å². The molecule has 1 unspecified atom stereocenters. The molecule has 1 aliphatic rings. The van der Waals surface area contributed by atoms with E-state index < -0.39 is 23.8 Å². The molecule has 4 aromatic rings. The highest BCUT2D eigenvalue weighted by Gasteiger charge is 2.35. The Labute approximate surface area is 216 Å². The first kappa shape index (κ1) is 24.2. The van der Waals surface area contributed by atoms with Crippen LogP contribution in [0.15, 0.2) is 90.0 Å². The fourth-order valence-corrected chi connectivity index (χ4v) is 4.30. The van der Waals surface area contributed by atoms with Crippen LogP contribution in [0.1, 0.15) is 11.3 Å². The summed E-state index contributed by atoms with van der Waals surface area (Å²) in [5.74, 6) is -1.26. The van der Waals surface area contributed by atoms with E-state index in [4.69, 9.17) is 11.6 Å². The number of nitrogens with one attached hydrogen (secondary N) is 2. The molecule has 5 rings (SSSR count). The van der Waals surface area contributed by atoms with E-state index in [2.05, 4.69) is 15.6 Å². The predicted octanol–water partition coefficient (Wildman–Crippen LogP) is 4.62. The Balaban J connectivity index is 1.39. The normalized spacial score (nSPS) is 14.5. The number of amides is 3. The molecule has 0 radical (unpaired) electrons. The first-order chi connectivity index (χ1) is 17.9. The lowest BCUT2D eigenvalue weighted by molar-refractivity contribution is -0.120. The highest BCUT2D eigenvalue weighted by atomic mass is 35.5. The van der Waals surface area contributed by atoms with Gasteiger partial charge in [0, 0.05) is 41.7 Å².